The van der Waals surface area contributed by atoms with E-state index in [0.717, 1.165) is 22.0 Å². The summed E-state index contributed by atoms with van der Waals surface area (Å²) in [6.45, 7) is 4.32. The molecule has 0 saturated carbocycles. The molecule has 3 heterocycles. The van der Waals surface area contributed by atoms with Crippen molar-refractivity contribution in [2.24, 2.45) is 5.73 Å². The van der Waals surface area contributed by atoms with Gasteiger partial charge in [-0.3, -0.25) is 14.7 Å². The lowest BCUT2D eigenvalue weighted by atomic mass is 10.0. The average Bonchev–Trinajstić information content (AvgIpc) is 2.95. The Hall–Kier alpha value is -3.86. The summed E-state index contributed by atoms with van der Waals surface area (Å²) in [7, 11) is 0. The van der Waals surface area contributed by atoms with E-state index in [9.17, 15) is 14.3 Å². The van der Waals surface area contributed by atoms with Crippen LogP contribution in [0.2, 0.25) is 5.02 Å². The lowest BCUT2D eigenvalue weighted by molar-refractivity contribution is -0.143. The Bertz CT molecular complexity index is 1480. The van der Waals surface area contributed by atoms with Gasteiger partial charge in [0.15, 0.2) is 0 Å². The van der Waals surface area contributed by atoms with Crippen molar-refractivity contribution in [3.8, 4) is 11.1 Å². The van der Waals surface area contributed by atoms with Gasteiger partial charge in [0.25, 0.3) is 0 Å². The maximum Gasteiger partial charge on any atom is 0.322 e. The fraction of sp³-hybridized carbons (Fsp3) is 0.286. The van der Waals surface area contributed by atoms with Gasteiger partial charge >= 0.3 is 5.97 Å². The Morgan fingerprint density at radius 2 is 1.79 bits per heavy atom. The zero-order chi connectivity index (χ0) is 27.5. The molecule has 2 aromatic carbocycles. The minimum absolute atomic E-state index is 0.0757. The van der Waals surface area contributed by atoms with Crippen LogP contribution in [-0.4, -0.2) is 69.7 Å². The van der Waals surface area contributed by atoms with Crippen molar-refractivity contribution < 1.29 is 14.3 Å². The quantitative estimate of drug-likeness (QED) is 0.297. The maximum atomic E-state index is 14.4. The summed E-state index contributed by atoms with van der Waals surface area (Å²) in [4.78, 5) is 28.9. The first kappa shape index (κ1) is 26.7. The number of carboxylic acid groups (broad SMARTS) is 1. The summed E-state index contributed by atoms with van der Waals surface area (Å²) in [5.41, 5.74) is 9.31. The van der Waals surface area contributed by atoms with Crippen LogP contribution in [0.4, 0.5) is 16.0 Å². The molecule has 0 unspecified atom stereocenters. The fourth-order valence-electron chi connectivity index (χ4n) is 4.89. The number of nitrogens with two attached hydrogens (primary N) is 1. The smallest absolute Gasteiger partial charge is 0.322 e. The van der Waals surface area contributed by atoms with Gasteiger partial charge in [0.05, 0.1) is 22.3 Å². The molecule has 0 bridgehead atoms. The first-order chi connectivity index (χ1) is 18.9. The monoisotopic (exact) mass is 549 g/mol. The van der Waals surface area contributed by atoms with Crippen LogP contribution in [0.25, 0.3) is 22.0 Å². The second kappa shape index (κ2) is 11.5. The van der Waals surface area contributed by atoms with Gasteiger partial charge in [0.1, 0.15) is 11.9 Å². The van der Waals surface area contributed by atoms with Gasteiger partial charge in [0.2, 0.25) is 5.95 Å². The standard InChI is InChI=1S/C28H29ClFN7O2/c1-17(20-4-2-3-5-23(20)30)35-26-21-12-18(6-7-24(21)32-16-22(26)29)19-14-33-28(34-15-19)37-10-8-36(9-11-37)25(13-31)27(38)39/h2-7,12,14-17,25H,8-11,13,31H2,1H3,(H,32,35)(H,38,39)/t17-,25+/m1/s1. The van der Waals surface area contributed by atoms with Gasteiger partial charge in [-0.2, -0.15) is 0 Å². The normalized spacial score (nSPS) is 15.7. The highest BCUT2D eigenvalue weighted by Gasteiger charge is 2.28. The molecule has 2 atom stereocenters. The summed E-state index contributed by atoms with van der Waals surface area (Å²) < 4.78 is 14.4. The molecule has 1 aliphatic heterocycles. The Morgan fingerprint density at radius 3 is 2.46 bits per heavy atom. The van der Waals surface area contributed by atoms with Crippen LogP contribution < -0.4 is 16.0 Å². The van der Waals surface area contributed by atoms with Crippen LogP contribution in [0.3, 0.4) is 0 Å². The Balaban J connectivity index is 1.36. The van der Waals surface area contributed by atoms with Crippen LogP contribution >= 0.6 is 11.6 Å². The Kier molecular flexibility index (Phi) is 7.87. The van der Waals surface area contributed by atoms with Crippen molar-refractivity contribution in [2.45, 2.75) is 19.0 Å². The number of anilines is 2. The number of benzene rings is 2. The number of piperazine rings is 1. The van der Waals surface area contributed by atoms with Gasteiger partial charge in [-0.05, 0) is 30.7 Å². The largest absolute Gasteiger partial charge is 0.480 e. The van der Waals surface area contributed by atoms with Crippen molar-refractivity contribution in [2.75, 3.05) is 42.9 Å². The predicted molar refractivity (Wildman–Crippen MR) is 150 cm³/mol. The Morgan fingerprint density at radius 1 is 1.08 bits per heavy atom. The molecule has 1 fully saturated rings. The number of rotatable bonds is 8. The lowest BCUT2D eigenvalue weighted by Crippen LogP contribution is -2.55. The topological polar surface area (TPSA) is 120 Å². The van der Waals surface area contributed by atoms with E-state index in [1.807, 2.05) is 34.9 Å². The van der Waals surface area contributed by atoms with E-state index in [-0.39, 0.29) is 18.4 Å². The van der Waals surface area contributed by atoms with Crippen molar-refractivity contribution in [3.63, 3.8) is 0 Å². The SMILES string of the molecule is C[C@@H](Nc1c(Cl)cnc2ccc(-c3cnc(N4CCN([C@@H](CN)C(=O)O)CC4)nc3)cc12)c1ccccc1F. The minimum atomic E-state index is -0.904. The van der Waals surface area contributed by atoms with E-state index in [1.165, 1.54) is 6.07 Å². The predicted octanol–water partition coefficient (Wildman–Crippen LogP) is 4.19. The van der Waals surface area contributed by atoms with Crippen molar-refractivity contribution in [1.82, 2.24) is 19.9 Å². The van der Waals surface area contributed by atoms with E-state index >= 15 is 0 Å². The number of carboxylic acids is 1. The van der Waals surface area contributed by atoms with E-state index in [4.69, 9.17) is 17.3 Å². The highest BCUT2D eigenvalue weighted by Crippen LogP contribution is 2.35. The zero-order valence-electron chi connectivity index (χ0n) is 21.4. The molecule has 202 valence electrons. The number of nitrogens with one attached hydrogen (secondary N) is 1. The van der Waals surface area contributed by atoms with E-state index in [2.05, 4.69) is 20.3 Å². The van der Waals surface area contributed by atoms with Crippen LogP contribution in [0.1, 0.15) is 18.5 Å². The highest BCUT2D eigenvalue weighted by molar-refractivity contribution is 6.34. The molecule has 0 aliphatic carbocycles. The summed E-state index contributed by atoms with van der Waals surface area (Å²) >= 11 is 6.54. The van der Waals surface area contributed by atoms with Crippen LogP contribution in [0.15, 0.2) is 61.1 Å². The van der Waals surface area contributed by atoms with E-state index < -0.39 is 12.0 Å². The molecule has 9 nitrogen and oxygen atoms in total. The lowest BCUT2D eigenvalue weighted by Gasteiger charge is -2.37. The molecule has 39 heavy (non-hydrogen) atoms. The molecular weight excluding hydrogens is 521 g/mol. The van der Waals surface area contributed by atoms with E-state index in [1.54, 1.807) is 36.8 Å². The Labute approximate surface area is 230 Å². The van der Waals surface area contributed by atoms with Crippen LogP contribution in [-0.2, 0) is 4.79 Å². The van der Waals surface area contributed by atoms with Crippen LogP contribution in [0.5, 0.6) is 0 Å². The number of carbonyl (C=O) groups is 1. The third-order valence-electron chi connectivity index (χ3n) is 7.07. The summed E-state index contributed by atoms with van der Waals surface area (Å²) in [5, 5.41) is 14.0. The number of aliphatic carboxylic acids is 1. The molecule has 0 amide bonds. The van der Waals surface area contributed by atoms with Crippen molar-refractivity contribution >= 4 is 40.1 Å². The molecule has 1 saturated heterocycles. The number of hydrogen-bond acceptors (Lipinski definition) is 8. The second-order valence-corrected chi connectivity index (χ2v) is 9.89. The maximum absolute atomic E-state index is 14.4. The number of halogens is 2. The average molecular weight is 550 g/mol. The molecule has 5 rings (SSSR count). The van der Waals surface area contributed by atoms with Crippen LogP contribution in [0, 0.1) is 5.82 Å². The van der Waals surface area contributed by atoms with Gasteiger partial charge in [-0.15, -0.1) is 0 Å². The number of fused-ring (bicyclic) bond motifs is 1. The second-order valence-electron chi connectivity index (χ2n) is 9.49. The summed E-state index contributed by atoms with van der Waals surface area (Å²) in [5.74, 6) is -0.601. The minimum Gasteiger partial charge on any atom is -0.480 e. The molecule has 11 heteroatoms. The van der Waals surface area contributed by atoms with Crippen molar-refractivity contribution in [1.29, 1.82) is 0 Å². The highest BCUT2D eigenvalue weighted by atomic mass is 35.5. The van der Waals surface area contributed by atoms with Gasteiger partial charge < -0.3 is 21.1 Å². The molecule has 2 aromatic heterocycles. The van der Waals surface area contributed by atoms with Gasteiger partial charge in [-0.1, -0.05) is 35.9 Å². The number of nitrogens with zero attached hydrogens (tertiary/aromatic N) is 5. The first-order valence-electron chi connectivity index (χ1n) is 12.7. The molecule has 0 spiro atoms. The summed E-state index contributed by atoms with van der Waals surface area (Å²) in [6, 6.07) is 11.5. The molecule has 4 N–H and O–H groups in total. The zero-order valence-corrected chi connectivity index (χ0v) is 22.1. The van der Waals surface area contributed by atoms with E-state index in [0.29, 0.717) is 48.4 Å². The number of hydrogen-bond donors (Lipinski definition) is 3. The molecule has 4 aromatic rings. The molecular formula is C28H29ClFN7O2. The van der Waals surface area contributed by atoms with Gasteiger partial charge in [-0.25, -0.2) is 14.4 Å². The number of pyridine rings is 1. The molecule has 0 radical (unpaired) electrons. The number of aromatic nitrogens is 3. The third-order valence-corrected chi connectivity index (χ3v) is 7.36. The first-order valence-corrected chi connectivity index (χ1v) is 13.1. The molecule has 1 aliphatic rings. The van der Waals surface area contributed by atoms with Crippen molar-refractivity contribution in [3.05, 3.63) is 77.5 Å². The summed E-state index contributed by atoms with van der Waals surface area (Å²) in [6.07, 6.45) is 5.12. The third kappa shape index (κ3) is 5.63. The fourth-order valence-corrected chi connectivity index (χ4v) is 5.09. The van der Waals surface area contributed by atoms with Gasteiger partial charge in [0, 0.05) is 67.8 Å².